The van der Waals surface area contributed by atoms with Crippen molar-refractivity contribution >= 4 is 5.91 Å². The van der Waals surface area contributed by atoms with Crippen LogP contribution < -0.4 is 19.5 Å². The van der Waals surface area contributed by atoms with E-state index in [2.05, 4.69) is 10.3 Å². The number of hydrogen-bond acceptors (Lipinski definition) is 5. The molecule has 3 rings (SSSR count). The fourth-order valence-electron chi connectivity index (χ4n) is 2.93. The highest BCUT2D eigenvalue weighted by Gasteiger charge is 2.11. The summed E-state index contributed by atoms with van der Waals surface area (Å²) in [5.74, 6) is 1.72. The lowest BCUT2D eigenvalue weighted by molar-refractivity contribution is -0.121. The van der Waals surface area contributed by atoms with E-state index >= 15 is 0 Å². The van der Waals surface area contributed by atoms with E-state index in [9.17, 15) is 9.18 Å². The van der Waals surface area contributed by atoms with Crippen molar-refractivity contribution in [2.24, 2.45) is 0 Å². The van der Waals surface area contributed by atoms with E-state index in [-0.39, 0.29) is 11.7 Å². The predicted octanol–water partition coefficient (Wildman–Crippen LogP) is 4.28. The SMILES string of the molecule is COc1cccc(CCC(=O)NCc2ccnc(Oc3ccc(F)cc3)c2)c1OC. The van der Waals surface area contributed by atoms with E-state index in [1.54, 1.807) is 32.5 Å². The first kappa shape index (κ1) is 21.1. The Bertz CT molecular complexity index is 993. The number of methoxy groups -OCH3 is 2. The Morgan fingerprint density at radius 1 is 1.07 bits per heavy atom. The number of amides is 1. The molecule has 1 N–H and O–H groups in total. The van der Waals surface area contributed by atoms with Crippen molar-refractivity contribution in [3.63, 3.8) is 0 Å². The van der Waals surface area contributed by atoms with E-state index in [4.69, 9.17) is 14.2 Å². The first-order valence-electron chi connectivity index (χ1n) is 9.44. The van der Waals surface area contributed by atoms with Crippen LogP contribution in [0.4, 0.5) is 4.39 Å². The Morgan fingerprint density at radius 2 is 1.87 bits per heavy atom. The molecule has 0 bridgehead atoms. The van der Waals surface area contributed by atoms with Gasteiger partial charge >= 0.3 is 0 Å². The van der Waals surface area contributed by atoms with Gasteiger partial charge in [0.05, 0.1) is 14.2 Å². The van der Waals surface area contributed by atoms with E-state index < -0.39 is 0 Å². The Hall–Kier alpha value is -3.61. The highest BCUT2D eigenvalue weighted by Crippen LogP contribution is 2.31. The summed E-state index contributed by atoms with van der Waals surface area (Å²) in [6.45, 7) is 0.344. The molecule has 1 heterocycles. The second-order valence-corrected chi connectivity index (χ2v) is 6.49. The van der Waals surface area contributed by atoms with Crippen molar-refractivity contribution in [3.8, 4) is 23.1 Å². The van der Waals surface area contributed by atoms with Crippen LogP contribution in [0.1, 0.15) is 17.5 Å². The van der Waals surface area contributed by atoms with Gasteiger partial charge in [0, 0.05) is 25.2 Å². The number of nitrogens with zero attached hydrogens (tertiary/aromatic N) is 1. The molecular weight excluding hydrogens is 387 g/mol. The van der Waals surface area contributed by atoms with Crippen LogP contribution in [0, 0.1) is 5.82 Å². The van der Waals surface area contributed by atoms with Gasteiger partial charge in [-0.15, -0.1) is 0 Å². The molecule has 0 spiro atoms. The molecule has 0 fully saturated rings. The highest BCUT2D eigenvalue weighted by molar-refractivity contribution is 5.76. The summed E-state index contributed by atoms with van der Waals surface area (Å²) in [4.78, 5) is 16.4. The quantitative estimate of drug-likeness (QED) is 0.570. The van der Waals surface area contributed by atoms with Gasteiger partial charge in [0.1, 0.15) is 11.6 Å². The van der Waals surface area contributed by atoms with Gasteiger partial charge < -0.3 is 19.5 Å². The van der Waals surface area contributed by atoms with Gasteiger partial charge in [-0.05, 0) is 53.9 Å². The summed E-state index contributed by atoms with van der Waals surface area (Å²) in [5.41, 5.74) is 1.75. The summed E-state index contributed by atoms with van der Waals surface area (Å²) in [7, 11) is 3.16. The molecule has 0 aliphatic carbocycles. The smallest absolute Gasteiger partial charge is 0.220 e. The fraction of sp³-hybridized carbons (Fsp3) is 0.217. The van der Waals surface area contributed by atoms with Gasteiger partial charge in [-0.1, -0.05) is 12.1 Å². The lowest BCUT2D eigenvalue weighted by Crippen LogP contribution is -2.23. The van der Waals surface area contributed by atoms with Crippen LogP contribution in [-0.4, -0.2) is 25.1 Å². The largest absolute Gasteiger partial charge is 0.493 e. The minimum atomic E-state index is -0.335. The average Bonchev–Trinajstić information content (AvgIpc) is 2.77. The van der Waals surface area contributed by atoms with Gasteiger partial charge in [0.2, 0.25) is 11.8 Å². The molecule has 0 unspecified atom stereocenters. The Morgan fingerprint density at radius 3 is 2.60 bits per heavy atom. The van der Waals surface area contributed by atoms with Crippen molar-refractivity contribution in [2.45, 2.75) is 19.4 Å². The Balaban J connectivity index is 1.53. The highest BCUT2D eigenvalue weighted by atomic mass is 19.1. The van der Waals surface area contributed by atoms with E-state index in [1.165, 1.54) is 24.3 Å². The van der Waals surface area contributed by atoms with Crippen molar-refractivity contribution in [3.05, 3.63) is 77.7 Å². The number of benzene rings is 2. The molecule has 156 valence electrons. The van der Waals surface area contributed by atoms with E-state index in [0.29, 0.717) is 42.5 Å². The second-order valence-electron chi connectivity index (χ2n) is 6.49. The number of nitrogens with one attached hydrogen (secondary N) is 1. The number of carbonyl (C=O) groups is 1. The molecule has 0 saturated heterocycles. The molecule has 0 aliphatic heterocycles. The molecule has 1 aromatic heterocycles. The third-order valence-electron chi connectivity index (χ3n) is 4.43. The fourth-order valence-corrected chi connectivity index (χ4v) is 2.93. The van der Waals surface area contributed by atoms with Crippen LogP contribution in [0.15, 0.2) is 60.8 Å². The molecule has 6 nitrogen and oxygen atoms in total. The molecule has 2 aromatic carbocycles. The summed E-state index contributed by atoms with van der Waals surface area (Å²) >= 11 is 0. The van der Waals surface area contributed by atoms with Gasteiger partial charge in [-0.3, -0.25) is 4.79 Å². The number of rotatable bonds is 9. The number of hydrogen-bond donors (Lipinski definition) is 1. The predicted molar refractivity (Wildman–Crippen MR) is 110 cm³/mol. The van der Waals surface area contributed by atoms with Crippen LogP contribution in [0.3, 0.4) is 0 Å². The molecular formula is C23H23FN2O4. The summed E-state index contributed by atoms with van der Waals surface area (Å²) in [5, 5.41) is 2.89. The monoisotopic (exact) mass is 410 g/mol. The van der Waals surface area contributed by atoms with Crippen LogP contribution in [0.2, 0.25) is 0 Å². The molecule has 3 aromatic rings. The minimum absolute atomic E-state index is 0.0855. The molecule has 7 heteroatoms. The molecule has 30 heavy (non-hydrogen) atoms. The maximum absolute atomic E-state index is 13.0. The maximum atomic E-state index is 13.0. The van der Waals surface area contributed by atoms with Gasteiger partial charge in [-0.2, -0.15) is 0 Å². The van der Waals surface area contributed by atoms with E-state index in [1.807, 2.05) is 18.2 Å². The third kappa shape index (κ3) is 5.70. The zero-order chi connectivity index (χ0) is 21.3. The number of aromatic nitrogens is 1. The van der Waals surface area contributed by atoms with Gasteiger partial charge in [-0.25, -0.2) is 9.37 Å². The number of aryl methyl sites for hydroxylation is 1. The Kier molecular flexibility index (Phi) is 7.21. The molecule has 0 radical (unpaired) electrons. The molecule has 1 amide bonds. The lowest BCUT2D eigenvalue weighted by Gasteiger charge is -2.12. The Labute approximate surface area is 174 Å². The zero-order valence-electron chi connectivity index (χ0n) is 16.9. The van der Waals surface area contributed by atoms with Crippen LogP contribution in [0.5, 0.6) is 23.1 Å². The standard InChI is InChI=1S/C23H23FN2O4/c1-28-20-5-3-4-17(23(20)29-2)6-11-21(27)26-15-16-12-13-25-22(14-16)30-19-9-7-18(24)8-10-19/h3-5,7-10,12-14H,6,11,15H2,1-2H3,(H,26,27). The third-order valence-corrected chi connectivity index (χ3v) is 4.43. The lowest BCUT2D eigenvalue weighted by atomic mass is 10.1. The first-order valence-corrected chi connectivity index (χ1v) is 9.44. The van der Waals surface area contributed by atoms with Crippen molar-refractivity contribution in [1.82, 2.24) is 10.3 Å². The molecule has 0 saturated carbocycles. The van der Waals surface area contributed by atoms with Gasteiger partial charge in [0.15, 0.2) is 11.5 Å². The number of pyridine rings is 1. The first-order chi connectivity index (χ1) is 14.6. The van der Waals surface area contributed by atoms with Crippen LogP contribution >= 0.6 is 0 Å². The summed E-state index contributed by atoms with van der Waals surface area (Å²) < 4.78 is 29.3. The van der Waals surface area contributed by atoms with Crippen molar-refractivity contribution < 1.29 is 23.4 Å². The van der Waals surface area contributed by atoms with Crippen LogP contribution in [-0.2, 0) is 17.8 Å². The van der Waals surface area contributed by atoms with E-state index in [0.717, 1.165) is 11.1 Å². The van der Waals surface area contributed by atoms with Gasteiger partial charge in [0.25, 0.3) is 0 Å². The number of ether oxygens (including phenoxy) is 3. The van der Waals surface area contributed by atoms with Crippen LogP contribution in [0.25, 0.3) is 0 Å². The molecule has 0 atom stereocenters. The number of carbonyl (C=O) groups excluding carboxylic acids is 1. The molecule has 0 aliphatic rings. The maximum Gasteiger partial charge on any atom is 0.220 e. The number of halogens is 1. The summed E-state index contributed by atoms with van der Waals surface area (Å²) in [6, 6.07) is 14.8. The number of para-hydroxylation sites is 1. The second kappa shape index (κ2) is 10.2. The summed E-state index contributed by atoms with van der Waals surface area (Å²) in [6.07, 6.45) is 2.44. The minimum Gasteiger partial charge on any atom is -0.493 e. The zero-order valence-corrected chi connectivity index (χ0v) is 16.9. The van der Waals surface area contributed by atoms with Crippen molar-refractivity contribution in [1.29, 1.82) is 0 Å². The van der Waals surface area contributed by atoms with Crippen molar-refractivity contribution in [2.75, 3.05) is 14.2 Å². The normalized spacial score (nSPS) is 10.4. The topological polar surface area (TPSA) is 69.7 Å². The average molecular weight is 410 g/mol.